The van der Waals surface area contributed by atoms with Crippen LogP contribution in [0.25, 0.3) is 0 Å². The van der Waals surface area contributed by atoms with E-state index in [4.69, 9.17) is 20.7 Å². The largest absolute Gasteiger partial charge is 0.467 e. The Morgan fingerprint density at radius 2 is 1.25 bits per heavy atom. The van der Waals surface area contributed by atoms with Crippen LogP contribution in [0.4, 0.5) is 17.6 Å². The number of alkyl halides is 4. The molecule has 0 aliphatic heterocycles. The summed E-state index contributed by atoms with van der Waals surface area (Å²) in [5, 5.41) is 4.86. The molecule has 17 heteroatoms. The summed E-state index contributed by atoms with van der Waals surface area (Å²) < 4.78 is 84.6. The fraction of sp³-hybridized carbons (Fsp3) is 0.842. The number of esters is 3. The van der Waals surface area contributed by atoms with Crippen molar-refractivity contribution >= 4 is 25.6 Å². The number of rotatable bonds is 18. The highest BCUT2D eigenvalue weighted by Gasteiger charge is 2.45. The van der Waals surface area contributed by atoms with Gasteiger partial charge in [-0.05, 0) is 25.7 Å². The van der Waals surface area contributed by atoms with Gasteiger partial charge in [-0.25, -0.2) is 37.3 Å². The van der Waals surface area contributed by atoms with Crippen molar-refractivity contribution in [3.63, 3.8) is 0 Å². The smallest absolute Gasteiger partial charge is 0.343 e. The third kappa shape index (κ3) is 10.3. The van der Waals surface area contributed by atoms with E-state index in [0.29, 0.717) is 0 Å². The van der Waals surface area contributed by atoms with E-state index in [1.807, 2.05) is 0 Å². The molecule has 0 saturated carbocycles. The normalized spacial score (nSPS) is 15.5. The summed E-state index contributed by atoms with van der Waals surface area (Å²) in [7, 11) is -2.24. The fourth-order valence-electron chi connectivity index (χ4n) is 2.67. The van der Waals surface area contributed by atoms with Gasteiger partial charge in [0, 0.05) is 13.1 Å². The number of hydrogen-bond acceptors (Lipinski definition) is 10. The first kappa shape index (κ1) is 34.2. The van der Waals surface area contributed by atoms with E-state index in [-0.39, 0.29) is 25.9 Å². The maximum atomic E-state index is 13.2. The van der Waals surface area contributed by atoms with E-state index in [1.165, 1.54) is 0 Å². The zero-order valence-corrected chi connectivity index (χ0v) is 21.5. The van der Waals surface area contributed by atoms with Crippen molar-refractivity contribution in [2.24, 2.45) is 17.4 Å². The van der Waals surface area contributed by atoms with Crippen LogP contribution in [-0.4, -0.2) is 75.9 Å². The lowest BCUT2D eigenvalue weighted by Gasteiger charge is -2.27. The number of nitrogens with two attached hydrogens (primary N) is 2. The third-order valence-electron chi connectivity index (χ3n) is 4.99. The first-order chi connectivity index (χ1) is 16.6. The lowest BCUT2D eigenvalue weighted by atomic mass is 9.95. The number of carbonyl (C=O) groups is 3. The molecule has 0 rings (SSSR count). The predicted octanol–water partition coefficient (Wildman–Crippen LogP) is 1.28. The standard InChI is InChI=1S/C19H35F4N4O8P/c1-12(2)13(28)34-11-35-36(31,26-9-5-7-18(24,14(20)21)16(29)32-3)27-10-6-8-19(25,15(22)23)17(30)33-4/h12,14-15H,5-11,24-25H2,1-4H3,(H2,26,27,31)/t18-,19-/m1/s1. The molecule has 6 N–H and O–H groups in total. The SMILES string of the molecule is COC(=O)[C@@](N)(CCCNP(=O)(NCCC[C@](N)(C(=O)OC)C(F)F)OCOC(=O)C(C)C)C(F)F. The summed E-state index contributed by atoms with van der Waals surface area (Å²) in [5.74, 6) is -3.83. The molecule has 12 nitrogen and oxygen atoms in total. The van der Waals surface area contributed by atoms with Crippen LogP contribution >= 0.6 is 7.67 Å². The summed E-state index contributed by atoms with van der Waals surface area (Å²) in [5.41, 5.74) is 5.72. The van der Waals surface area contributed by atoms with Gasteiger partial charge in [0.15, 0.2) is 11.1 Å². The minimum atomic E-state index is -4.04. The van der Waals surface area contributed by atoms with E-state index in [2.05, 4.69) is 19.6 Å². The van der Waals surface area contributed by atoms with Crippen LogP contribution < -0.4 is 21.6 Å². The van der Waals surface area contributed by atoms with Crippen molar-refractivity contribution in [1.29, 1.82) is 0 Å². The molecule has 0 saturated heterocycles. The van der Waals surface area contributed by atoms with Crippen LogP contribution in [0.5, 0.6) is 0 Å². The van der Waals surface area contributed by atoms with Gasteiger partial charge in [-0.3, -0.25) is 13.9 Å². The second-order valence-electron chi connectivity index (χ2n) is 8.11. The van der Waals surface area contributed by atoms with E-state index in [1.54, 1.807) is 13.8 Å². The molecule has 212 valence electrons. The maximum absolute atomic E-state index is 13.2. The molecule has 36 heavy (non-hydrogen) atoms. The third-order valence-corrected chi connectivity index (χ3v) is 6.74. The first-order valence-electron chi connectivity index (χ1n) is 10.8. The molecule has 0 radical (unpaired) electrons. The molecular weight excluding hydrogens is 519 g/mol. The predicted molar refractivity (Wildman–Crippen MR) is 119 cm³/mol. The summed E-state index contributed by atoms with van der Waals surface area (Å²) in [4.78, 5) is 34.8. The number of nitrogens with one attached hydrogen (secondary N) is 2. The van der Waals surface area contributed by atoms with E-state index >= 15 is 0 Å². The lowest BCUT2D eigenvalue weighted by molar-refractivity contribution is -0.154. The van der Waals surface area contributed by atoms with E-state index in [0.717, 1.165) is 14.2 Å². The molecule has 0 aromatic heterocycles. The van der Waals surface area contributed by atoms with Gasteiger partial charge in [-0.1, -0.05) is 13.8 Å². The molecule has 0 amide bonds. The molecule has 2 atom stereocenters. The molecule has 0 aliphatic rings. The average Bonchev–Trinajstić information content (AvgIpc) is 2.82. The highest BCUT2D eigenvalue weighted by molar-refractivity contribution is 7.54. The monoisotopic (exact) mass is 554 g/mol. The van der Waals surface area contributed by atoms with Gasteiger partial charge >= 0.3 is 25.6 Å². The molecule has 0 aliphatic carbocycles. The molecule has 0 heterocycles. The molecule has 0 unspecified atom stereocenters. The molecule has 0 spiro atoms. The fourth-order valence-corrected chi connectivity index (χ4v) is 4.07. The number of hydrogen-bond donors (Lipinski definition) is 4. The Kier molecular flexibility index (Phi) is 14.6. The van der Waals surface area contributed by atoms with Crippen molar-refractivity contribution in [3.05, 3.63) is 0 Å². The van der Waals surface area contributed by atoms with Gasteiger partial charge in [0.25, 0.3) is 12.9 Å². The number of ether oxygens (including phenoxy) is 3. The summed E-state index contributed by atoms with van der Waals surface area (Å²) in [6, 6.07) is 0. The average molecular weight is 554 g/mol. The van der Waals surface area contributed by atoms with Crippen LogP contribution in [0.2, 0.25) is 0 Å². The van der Waals surface area contributed by atoms with Crippen molar-refractivity contribution in [1.82, 2.24) is 10.2 Å². The van der Waals surface area contributed by atoms with Gasteiger partial charge in [0.1, 0.15) is 0 Å². The van der Waals surface area contributed by atoms with Crippen LogP contribution in [0.15, 0.2) is 0 Å². The molecule has 0 aromatic carbocycles. The second kappa shape index (κ2) is 15.4. The van der Waals surface area contributed by atoms with Gasteiger partial charge in [0.05, 0.1) is 20.1 Å². The van der Waals surface area contributed by atoms with Crippen molar-refractivity contribution in [2.75, 3.05) is 34.1 Å². The number of halogens is 4. The summed E-state index contributed by atoms with van der Waals surface area (Å²) in [6.07, 6.45) is -7.93. The molecule has 0 bridgehead atoms. The number of carbonyl (C=O) groups excluding carboxylic acids is 3. The van der Waals surface area contributed by atoms with Gasteiger partial charge < -0.3 is 25.7 Å². The Bertz CT molecular complexity index is 734. The van der Waals surface area contributed by atoms with Crippen LogP contribution in [0.1, 0.15) is 39.5 Å². The first-order valence-corrected chi connectivity index (χ1v) is 12.4. The second-order valence-corrected chi connectivity index (χ2v) is 10.1. The highest BCUT2D eigenvalue weighted by Crippen LogP contribution is 2.37. The Labute approximate surface area is 206 Å². The lowest BCUT2D eigenvalue weighted by Crippen LogP contribution is -2.55. The van der Waals surface area contributed by atoms with E-state index in [9.17, 15) is 36.5 Å². The Hall–Kier alpha value is -1.84. The summed E-state index contributed by atoms with van der Waals surface area (Å²) in [6.45, 7) is 1.82. The number of methoxy groups -OCH3 is 2. The zero-order valence-electron chi connectivity index (χ0n) is 20.6. The minimum absolute atomic E-state index is 0.184. The zero-order chi connectivity index (χ0) is 28.2. The minimum Gasteiger partial charge on any atom is -0.467 e. The molecule has 0 aromatic rings. The Morgan fingerprint density at radius 1 is 0.861 bits per heavy atom. The quantitative estimate of drug-likeness (QED) is 0.0477. The molecular formula is C19H35F4N4O8P. The van der Waals surface area contributed by atoms with Gasteiger partial charge in [0.2, 0.25) is 6.79 Å². The van der Waals surface area contributed by atoms with Crippen LogP contribution in [-0.2, 0) is 37.7 Å². The van der Waals surface area contributed by atoms with Crippen LogP contribution in [0, 0.1) is 5.92 Å². The molecule has 0 fully saturated rings. The Morgan fingerprint density at radius 3 is 1.56 bits per heavy atom. The Balaban J connectivity index is 5.16. The van der Waals surface area contributed by atoms with Crippen molar-refractivity contribution in [3.8, 4) is 0 Å². The van der Waals surface area contributed by atoms with Gasteiger partial charge in [-0.15, -0.1) is 0 Å². The highest BCUT2D eigenvalue weighted by atomic mass is 31.2. The van der Waals surface area contributed by atoms with E-state index < -0.39 is 75.1 Å². The summed E-state index contributed by atoms with van der Waals surface area (Å²) >= 11 is 0. The maximum Gasteiger partial charge on any atom is 0.343 e. The van der Waals surface area contributed by atoms with Crippen molar-refractivity contribution < 1.29 is 55.2 Å². The van der Waals surface area contributed by atoms with Crippen LogP contribution in [0.3, 0.4) is 0 Å². The topological polar surface area (TPSA) is 181 Å². The van der Waals surface area contributed by atoms with Crippen molar-refractivity contribution in [2.45, 2.75) is 63.5 Å². The van der Waals surface area contributed by atoms with Gasteiger partial charge in [-0.2, -0.15) is 0 Å².